The molecule has 19 heavy (non-hydrogen) atoms. The third-order valence-corrected chi connectivity index (χ3v) is 3.52. The van der Waals surface area contributed by atoms with E-state index in [4.69, 9.17) is 10.00 Å². The Morgan fingerprint density at radius 1 is 1.16 bits per heavy atom. The first kappa shape index (κ1) is 13.3. The number of hydrogen-bond acceptors (Lipinski definition) is 4. The SMILES string of the molecule is COc1ccc(C#N)c(Nc2ccccc2SC)c1. The van der Waals surface area contributed by atoms with Gasteiger partial charge in [0.05, 0.1) is 24.0 Å². The summed E-state index contributed by atoms with van der Waals surface area (Å²) in [5, 5.41) is 12.4. The normalized spacial score (nSPS) is 9.74. The first-order valence-electron chi connectivity index (χ1n) is 5.76. The van der Waals surface area contributed by atoms with Gasteiger partial charge < -0.3 is 10.1 Å². The summed E-state index contributed by atoms with van der Waals surface area (Å²) in [6.45, 7) is 0. The molecule has 2 aromatic rings. The van der Waals surface area contributed by atoms with Gasteiger partial charge in [0.1, 0.15) is 11.8 Å². The van der Waals surface area contributed by atoms with Crippen LogP contribution in [-0.2, 0) is 0 Å². The molecule has 0 unspecified atom stereocenters. The van der Waals surface area contributed by atoms with Gasteiger partial charge in [-0.3, -0.25) is 0 Å². The third-order valence-electron chi connectivity index (χ3n) is 2.72. The molecule has 0 bridgehead atoms. The molecule has 0 aliphatic carbocycles. The van der Waals surface area contributed by atoms with Crippen LogP contribution in [0.1, 0.15) is 5.56 Å². The number of para-hydroxylation sites is 1. The molecule has 0 atom stereocenters. The van der Waals surface area contributed by atoms with Gasteiger partial charge in [0.2, 0.25) is 0 Å². The van der Waals surface area contributed by atoms with Crippen LogP contribution in [0, 0.1) is 11.3 Å². The summed E-state index contributed by atoms with van der Waals surface area (Å²) in [6, 6.07) is 15.5. The van der Waals surface area contributed by atoms with Crippen molar-refractivity contribution < 1.29 is 4.74 Å². The Bertz CT molecular complexity index is 620. The zero-order chi connectivity index (χ0) is 13.7. The Balaban J connectivity index is 2.39. The largest absolute Gasteiger partial charge is 0.497 e. The van der Waals surface area contributed by atoms with E-state index in [1.54, 1.807) is 31.0 Å². The topological polar surface area (TPSA) is 45.0 Å². The monoisotopic (exact) mass is 270 g/mol. The summed E-state index contributed by atoms with van der Waals surface area (Å²) in [6.07, 6.45) is 2.03. The minimum Gasteiger partial charge on any atom is -0.497 e. The van der Waals surface area contributed by atoms with E-state index in [1.807, 2.05) is 36.6 Å². The molecule has 0 aliphatic rings. The highest BCUT2D eigenvalue weighted by atomic mass is 32.2. The molecule has 3 nitrogen and oxygen atoms in total. The van der Waals surface area contributed by atoms with Gasteiger partial charge >= 0.3 is 0 Å². The van der Waals surface area contributed by atoms with E-state index < -0.39 is 0 Å². The van der Waals surface area contributed by atoms with Gasteiger partial charge in [0, 0.05) is 11.0 Å². The maximum Gasteiger partial charge on any atom is 0.121 e. The highest BCUT2D eigenvalue weighted by molar-refractivity contribution is 7.98. The van der Waals surface area contributed by atoms with Gasteiger partial charge in [0.15, 0.2) is 0 Å². The van der Waals surface area contributed by atoms with Gasteiger partial charge in [-0.1, -0.05) is 12.1 Å². The summed E-state index contributed by atoms with van der Waals surface area (Å²) in [5.74, 6) is 0.725. The van der Waals surface area contributed by atoms with Crippen LogP contribution in [0.5, 0.6) is 5.75 Å². The lowest BCUT2D eigenvalue weighted by atomic mass is 10.1. The molecule has 96 valence electrons. The number of methoxy groups -OCH3 is 1. The number of ether oxygens (including phenoxy) is 1. The van der Waals surface area contributed by atoms with Crippen LogP contribution in [0.4, 0.5) is 11.4 Å². The molecule has 0 heterocycles. The lowest BCUT2D eigenvalue weighted by molar-refractivity contribution is 0.415. The number of rotatable bonds is 4. The molecule has 2 aromatic carbocycles. The van der Waals surface area contributed by atoms with Crippen molar-refractivity contribution in [2.24, 2.45) is 0 Å². The summed E-state index contributed by atoms with van der Waals surface area (Å²) in [7, 11) is 1.61. The second-order valence-electron chi connectivity index (χ2n) is 3.85. The van der Waals surface area contributed by atoms with Crippen LogP contribution in [-0.4, -0.2) is 13.4 Å². The summed E-state index contributed by atoms with van der Waals surface area (Å²) in [4.78, 5) is 1.13. The fraction of sp³-hybridized carbons (Fsp3) is 0.133. The fourth-order valence-electron chi connectivity index (χ4n) is 1.74. The fourth-order valence-corrected chi connectivity index (χ4v) is 2.30. The predicted molar refractivity (Wildman–Crippen MR) is 79.2 cm³/mol. The van der Waals surface area contributed by atoms with E-state index in [2.05, 4.69) is 11.4 Å². The second kappa shape index (κ2) is 6.17. The highest BCUT2D eigenvalue weighted by Crippen LogP contribution is 2.30. The molecule has 4 heteroatoms. The second-order valence-corrected chi connectivity index (χ2v) is 4.70. The Kier molecular flexibility index (Phi) is 4.32. The molecule has 2 rings (SSSR count). The number of thioether (sulfide) groups is 1. The standard InChI is InChI=1S/C15H14N2OS/c1-18-12-8-7-11(10-16)14(9-12)17-13-5-3-4-6-15(13)19-2/h3-9,17H,1-2H3. The Hall–Kier alpha value is -2.12. The van der Waals surface area contributed by atoms with Gasteiger partial charge in [-0.05, 0) is 30.5 Å². The molecule has 0 saturated carbocycles. The Morgan fingerprint density at radius 2 is 1.95 bits per heavy atom. The highest BCUT2D eigenvalue weighted by Gasteiger charge is 2.06. The average molecular weight is 270 g/mol. The molecule has 0 aromatic heterocycles. The molecule has 0 fully saturated rings. The zero-order valence-corrected chi connectivity index (χ0v) is 11.6. The van der Waals surface area contributed by atoms with Crippen molar-refractivity contribution in [2.75, 3.05) is 18.7 Å². The molecular formula is C15H14N2OS. The average Bonchev–Trinajstić information content (AvgIpc) is 2.47. The van der Waals surface area contributed by atoms with Crippen molar-refractivity contribution in [1.29, 1.82) is 5.26 Å². The molecule has 0 aliphatic heterocycles. The van der Waals surface area contributed by atoms with Gasteiger partial charge in [0.25, 0.3) is 0 Å². The Labute approximate surface area is 117 Å². The molecule has 0 saturated heterocycles. The first-order valence-corrected chi connectivity index (χ1v) is 6.99. The van der Waals surface area contributed by atoms with Crippen LogP contribution < -0.4 is 10.1 Å². The van der Waals surface area contributed by atoms with Crippen molar-refractivity contribution >= 4 is 23.1 Å². The summed E-state index contributed by atoms with van der Waals surface area (Å²) in [5.41, 5.74) is 2.33. The zero-order valence-electron chi connectivity index (χ0n) is 10.8. The molecular weight excluding hydrogens is 256 g/mol. The van der Waals surface area contributed by atoms with Gasteiger partial charge in [-0.15, -0.1) is 11.8 Å². The molecule has 0 radical (unpaired) electrons. The van der Waals surface area contributed by atoms with Crippen LogP contribution in [0.25, 0.3) is 0 Å². The van der Waals surface area contributed by atoms with E-state index in [0.29, 0.717) is 5.56 Å². The molecule has 0 amide bonds. The van der Waals surface area contributed by atoms with Crippen LogP contribution in [0.15, 0.2) is 47.4 Å². The number of nitrogens with one attached hydrogen (secondary N) is 1. The first-order chi connectivity index (χ1) is 9.28. The maximum atomic E-state index is 9.15. The lowest BCUT2D eigenvalue weighted by Crippen LogP contribution is -1.96. The number of hydrogen-bond donors (Lipinski definition) is 1. The maximum absolute atomic E-state index is 9.15. The van der Waals surface area contributed by atoms with Crippen molar-refractivity contribution in [3.05, 3.63) is 48.0 Å². The summed E-state index contributed by atoms with van der Waals surface area (Å²) < 4.78 is 5.19. The minimum atomic E-state index is 0.594. The van der Waals surface area contributed by atoms with E-state index >= 15 is 0 Å². The summed E-state index contributed by atoms with van der Waals surface area (Å²) >= 11 is 1.66. The minimum absolute atomic E-state index is 0.594. The quantitative estimate of drug-likeness (QED) is 0.852. The van der Waals surface area contributed by atoms with Crippen molar-refractivity contribution in [1.82, 2.24) is 0 Å². The third kappa shape index (κ3) is 3.01. The number of nitrogens with zero attached hydrogens (tertiary/aromatic N) is 1. The lowest BCUT2D eigenvalue weighted by Gasteiger charge is -2.12. The Morgan fingerprint density at radius 3 is 2.63 bits per heavy atom. The van der Waals surface area contributed by atoms with E-state index in [-0.39, 0.29) is 0 Å². The predicted octanol–water partition coefficient (Wildman–Crippen LogP) is 4.03. The van der Waals surface area contributed by atoms with Crippen LogP contribution in [0.2, 0.25) is 0 Å². The van der Waals surface area contributed by atoms with E-state index in [0.717, 1.165) is 22.0 Å². The van der Waals surface area contributed by atoms with Crippen LogP contribution >= 0.6 is 11.8 Å². The van der Waals surface area contributed by atoms with Crippen molar-refractivity contribution in [3.8, 4) is 11.8 Å². The van der Waals surface area contributed by atoms with Gasteiger partial charge in [-0.2, -0.15) is 5.26 Å². The van der Waals surface area contributed by atoms with Crippen molar-refractivity contribution in [2.45, 2.75) is 4.90 Å². The van der Waals surface area contributed by atoms with E-state index in [1.165, 1.54) is 0 Å². The van der Waals surface area contributed by atoms with Crippen molar-refractivity contribution in [3.63, 3.8) is 0 Å². The molecule has 0 spiro atoms. The van der Waals surface area contributed by atoms with Crippen LogP contribution in [0.3, 0.4) is 0 Å². The number of benzene rings is 2. The smallest absolute Gasteiger partial charge is 0.121 e. The van der Waals surface area contributed by atoms with E-state index in [9.17, 15) is 0 Å². The van der Waals surface area contributed by atoms with Gasteiger partial charge in [-0.25, -0.2) is 0 Å². The number of nitriles is 1. The number of anilines is 2. The molecule has 1 N–H and O–H groups in total.